The Kier molecular flexibility index (Phi) is 5.02. The Hall–Kier alpha value is -2.21. The summed E-state index contributed by atoms with van der Waals surface area (Å²) in [6.07, 6.45) is 4.82. The molecule has 1 aromatic heterocycles. The summed E-state index contributed by atoms with van der Waals surface area (Å²) >= 11 is 0. The first kappa shape index (κ1) is 15.7. The van der Waals surface area contributed by atoms with Gasteiger partial charge in [-0.15, -0.1) is 0 Å². The lowest BCUT2D eigenvalue weighted by Crippen LogP contribution is -2.37. The summed E-state index contributed by atoms with van der Waals surface area (Å²) in [6, 6.07) is 7.19. The van der Waals surface area contributed by atoms with Gasteiger partial charge in [0.2, 0.25) is 5.91 Å². The predicted octanol–water partition coefficient (Wildman–Crippen LogP) is 1.42. The Labute approximate surface area is 134 Å². The maximum Gasteiger partial charge on any atom is 0.258 e. The van der Waals surface area contributed by atoms with Crippen LogP contribution in [0.15, 0.2) is 29.1 Å². The molecule has 2 N–H and O–H groups in total. The van der Waals surface area contributed by atoms with Crippen LogP contribution in [0.3, 0.4) is 0 Å². The van der Waals surface area contributed by atoms with E-state index in [2.05, 4.69) is 20.2 Å². The predicted molar refractivity (Wildman–Crippen MR) is 89.1 cm³/mol. The SMILES string of the molecule is O=C(CN1CCCCCC1)NCc1nc2ccccc2c(=O)[nH]1. The second-order valence-electron chi connectivity index (χ2n) is 6.00. The second-order valence-corrected chi connectivity index (χ2v) is 6.00. The van der Waals surface area contributed by atoms with Crippen LogP contribution in [0.2, 0.25) is 0 Å². The third-order valence-corrected chi connectivity index (χ3v) is 4.18. The van der Waals surface area contributed by atoms with Crippen LogP contribution in [0.1, 0.15) is 31.5 Å². The Morgan fingerprint density at radius 1 is 1.17 bits per heavy atom. The van der Waals surface area contributed by atoms with Gasteiger partial charge in [-0.3, -0.25) is 14.5 Å². The Morgan fingerprint density at radius 2 is 1.91 bits per heavy atom. The van der Waals surface area contributed by atoms with E-state index in [9.17, 15) is 9.59 Å². The molecule has 0 saturated carbocycles. The maximum atomic E-state index is 12.1. The van der Waals surface area contributed by atoms with E-state index in [0.29, 0.717) is 23.3 Å². The van der Waals surface area contributed by atoms with Gasteiger partial charge in [0.15, 0.2) is 0 Å². The van der Waals surface area contributed by atoms with Crippen molar-refractivity contribution in [2.75, 3.05) is 19.6 Å². The molecule has 3 rings (SSSR count). The quantitative estimate of drug-likeness (QED) is 0.894. The van der Waals surface area contributed by atoms with Gasteiger partial charge in [-0.25, -0.2) is 4.98 Å². The van der Waals surface area contributed by atoms with Gasteiger partial charge in [-0.05, 0) is 38.1 Å². The molecule has 6 heteroatoms. The molecule has 1 aliphatic rings. The highest BCUT2D eigenvalue weighted by Crippen LogP contribution is 2.09. The number of hydrogen-bond acceptors (Lipinski definition) is 4. The van der Waals surface area contributed by atoms with Gasteiger partial charge >= 0.3 is 0 Å². The summed E-state index contributed by atoms with van der Waals surface area (Å²) in [5.41, 5.74) is 0.473. The van der Waals surface area contributed by atoms with Crippen molar-refractivity contribution < 1.29 is 4.79 Å². The van der Waals surface area contributed by atoms with Gasteiger partial charge in [0.05, 0.1) is 24.0 Å². The topological polar surface area (TPSA) is 78.1 Å². The molecular formula is C17H22N4O2. The molecule has 0 atom stereocenters. The number of benzene rings is 1. The van der Waals surface area contributed by atoms with Crippen molar-refractivity contribution in [3.63, 3.8) is 0 Å². The monoisotopic (exact) mass is 314 g/mol. The van der Waals surface area contributed by atoms with Gasteiger partial charge in [-0.2, -0.15) is 0 Å². The smallest absolute Gasteiger partial charge is 0.258 e. The van der Waals surface area contributed by atoms with E-state index in [1.807, 2.05) is 12.1 Å². The third kappa shape index (κ3) is 4.16. The van der Waals surface area contributed by atoms with E-state index in [4.69, 9.17) is 0 Å². The number of amides is 1. The minimum absolute atomic E-state index is 0.0253. The number of hydrogen-bond donors (Lipinski definition) is 2. The Bertz CT molecular complexity index is 733. The molecular weight excluding hydrogens is 292 g/mol. The first-order chi connectivity index (χ1) is 11.2. The fourth-order valence-electron chi connectivity index (χ4n) is 2.95. The zero-order valence-electron chi connectivity index (χ0n) is 13.2. The van der Waals surface area contributed by atoms with Crippen molar-refractivity contribution in [1.29, 1.82) is 0 Å². The number of carbonyl (C=O) groups is 1. The van der Waals surface area contributed by atoms with Gasteiger partial charge < -0.3 is 10.3 Å². The Morgan fingerprint density at radius 3 is 2.70 bits per heavy atom. The van der Waals surface area contributed by atoms with Gasteiger partial charge in [-0.1, -0.05) is 25.0 Å². The summed E-state index contributed by atoms with van der Waals surface area (Å²) in [5.74, 6) is 0.459. The normalized spacial score (nSPS) is 16.2. The van der Waals surface area contributed by atoms with Crippen molar-refractivity contribution in [2.45, 2.75) is 32.2 Å². The van der Waals surface area contributed by atoms with E-state index in [-0.39, 0.29) is 18.0 Å². The molecule has 1 saturated heterocycles. The van der Waals surface area contributed by atoms with Crippen LogP contribution in [0.25, 0.3) is 10.9 Å². The van der Waals surface area contributed by atoms with E-state index >= 15 is 0 Å². The van der Waals surface area contributed by atoms with Gasteiger partial charge in [0, 0.05) is 0 Å². The number of carbonyl (C=O) groups excluding carboxylic acids is 1. The summed E-state index contributed by atoms with van der Waals surface area (Å²) < 4.78 is 0. The van der Waals surface area contributed by atoms with Crippen LogP contribution in [0.5, 0.6) is 0 Å². The fraction of sp³-hybridized carbons (Fsp3) is 0.471. The number of aromatic amines is 1. The molecule has 0 spiro atoms. The highest BCUT2D eigenvalue weighted by Gasteiger charge is 2.13. The van der Waals surface area contributed by atoms with E-state index < -0.39 is 0 Å². The molecule has 1 amide bonds. The van der Waals surface area contributed by atoms with E-state index in [1.165, 1.54) is 12.8 Å². The fourth-order valence-corrected chi connectivity index (χ4v) is 2.95. The maximum absolute atomic E-state index is 12.1. The van der Waals surface area contributed by atoms with Gasteiger partial charge in [0.25, 0.3) is 5.56 Å². The van der Waals surface area contributed by atoms with Crippen LogP contribution in [-0.4, -0.2) is 40.4 Å². The molecule has 1 aliphatic heterocycles. The highest BCUT2D eigenvalue weighted by atomic mass is 16.2. The number of H-pyrrole nitrogens is 1. The number of rotatable bonds is 4. The average Bonchev–Trinajstić information content (AvgIpc) is 2.82. The molecule has 0 radical (unpaired) electrons. The largest absolute Gasteiger partial charge is 0.348 e. The van der Waals surface area contributed by atoms with Gasteiger partial charge in [0.1, 0.15) is 5.82 Å². The highest BCUT2D eigenvalue weighted by molar-refractivity contribution is 5.78. The first-order valence-electron chi connectivity index (χ1n) is 8.19. The van der Waals surface area contributed by atoms with Crippen molar-refractivity contribution in [3.8, 4) is 0 Å². The third-order valence-electron chi connectivity index (χ3n) is 4.18. The molecule has 0 aliphatic carbocycles. The van der Waals surface area contributed by atoms with Crippen molar-refractivity contribution in [1.82, 2.24) is 20.2 Å². The van der Waals surface area contributed by atoms with Crippen LogP contribution < -0.4 is 10.9 Å². The molecule has 122 valence electrons. The minimum Gasteiger partial charge on any atom is -0.348 e. The molecule has 23 heavy (non-hydrogen) atoms. The number of nitrogens with zero attached hydrogens (tertiary/aromatic N) is 2. The lowest BCUT2D eigenvalue weighted by Gasteiger charge is -2.18. The molecule has 1 aromatic carbocycles. The van der Waals surface area contributed by atoms with E-state index in [0.717, 1.165) is 25.9 Å². The number of aromatic nitrogens is 2. The average molecular weight is 314 g/mol. The van der Waals surface area contributed by atoms with Crippen molar-refractivity contribution in [3.05, 3.63) is 40.4 Å². The van der Waals surface area contributed by atoms with Crippen LogP contribution in [-0.2, 0) is 11.3 Å². The molecule has 6 nitrogen and oxygen atoms in total. The summed E-state index contributed by atoms with van der Waals surface area (Å²) in [5, 5.41) is 3.41. The lowest BCUT2D eigenvalue weighted by atomic mass is 10.2. The zero-order valence-corrected chi connectivity index (χ0v) is 13.2. The van der Waals surface area contributed by atoms with Crippen LogP contribution in [0, 0.1) is 0 Å². The van der Waals surface area contributed by atoms with Crippen molar-refractivity contribution in [2.24, 2.45) is 0 Å². The Balaban J connectivity index is 1.59. The lowest BCUT2D eigenvalue weighted by molar-refractivity contribution is -0.122. The summed E-state index contributed by atoms with van der Waals surface area (Å²) in [7, 11) is 0. The summed E-state index contributed by atoms with van der Waals surface area (Å²) in [6.45, 7) is 2.63. The molecule has 1 fully saturated rings. The minimum atomic E-state index is -0.174. The molecule has 2 aromatic rings. The van der Waals surface area contributed by atoms with Crippen LogP contribution >= 0.6 is 0 Å². The number of para-hydroxylation sites is 1. The first-order valence-corrected chi connectivity index (χ1v) is 8.19. The molecule has 0 unspecified atom stereocenters. The standard InChI is InChI=1S/C17H22N4O2/c22-16(12-21-9-5-1-2-6-10-21)18-11-15-19-14-8-4-3-7-13(14)17(23)20-15/h3-4,7-8H,1-2,5-6,9-12H2,(H,18,22)(H,19,20,23). The van der Waals surface area contributed by atoms with E-state index in [1.54, 1.807) is 12.1 Å². The number of likely N-dealkylation sites (tertiary alicyclic amines) is 1. The molecule has 0 bridgehead atoms. The second kappa shape index (κ2) is 7.37. The summed E-state index contributed by atoms with van der Waals surface area (Å²) in [4.78, 5) is 33.4. The molecule has 2 heterocycles. The number of fused-ring (bicyclic) bond motifs is 1. The van der Waals surface area contributed by atoms with Crippen LogP contribution in [0.4, 0.5) is 0 Å². The van der Waals surface area contributed by atoms with Crippen molar-refractivity contribution >= 4 is 16.8 Å². The zero-order chi connectivity index (χ0) is 16.1. The number of nitrogens with one attached hydrogen (secondary N) is 2.